The number of carbonyl (C=O) groups excluding carboxylic acids is 1. The molecule has 78 valence electrons. The first-order valence-corrected chi connectivity index (χ1v) is 5.23. The van der Waals surface area contributed by atoms with E-state index < -0.39 is 0 Å². The summed E-state index contributed by atoms with van der Waals surface area (Å²) in [6, 6.07) is 3.78. The highest BCUT2D eigenvalue weighted by atomic mass is 32.1. The monoisotopic (exact) mass is 222 g/mol. The van der Waals surface area contributed by atoms with Gasteiger partial charge < -0.3 is 10.1 Å². The fourth-order valence-electron chi connectivity index (χ4n) is 1.40. The molecule has 0 unspecified atom stereocenters. The second kappa shape index (κ2) is 3.86. The zero-order valence-electron chi connectivity index (χ0n) is 8.40. The minimum atomic E-state index is -0.331. The van der Waals surface area contributed by atoms with Gasteiger partial charge in [0, 0.05) is 13.2 Å². The van der Waals surface area contributed by atoms with Gasteiger partial charge in [-0.1, -0.05) is 0 Å². The van der Waals surface area contributed by atoms with Crippen LogP contribution in [0.15, 0.2) is 18.3 Å². The Bertz CT molecular complexity index is 507. The molecule has 0 aromatic carbocycles. The largest absolute Gasteiger partial charge is 0.465 e. The minimum Gasteiger partial charge on any atom is -0.465 e. The van der Waals surface area contributed by atoms with Gasteiger partial charge in [-0.15, -0.1) is 11.3 Å². The average molecular weight is 222 g/mol. The summed E-state index contributed by atoms with van der Waals surface area (Å²) >= 11 is 1.38. The normalized spacial score (nSPS) is 10.3. The molecule has 15 heavy (non-hydrogen) atoms. The van der Waals surface area contributed by atoms with Gasteiger partial charge in [0.15, 0.2) is 0 Å². The molecule has 0 radical (unpaired) electrons. The second-order valence-corrected chi connectivity index (χ2v) is 3.95. The molecule has 5 heteroatoms. The van der Waals surface area contributed by atoms with E-state index in [2.05, 4.69) is 10.3 Å². The third-order valence-electron chi connectivity index (χ3n) is 2.07. The van der Waals surface area contributed by atoms with E-state index in [0.717, 1.165) is 15.9 Å². The number of carbonyl (C=O) groups is 1. The van der Waals surface area contributed by atoms with Crippen LogP contribution in [0.25, 0.3) is 10.2 Å². The lowest BCUT2D eigenvalue weighted by atomic mass is 10.3. The molecular weight excluding hydrogens is 212 g/mol. The van der Waals surface area contributed by atoms with Gasteiger partial charge in [-0.2, -0.15) is 0 Å². The quantitative estimate of drug-likeness (QED) is 0.791. The number of nitrogens with zero attached hydrogens (tertiary/aromatic N) is 1. The number of anilines is 1. The van der Waals surface area contributed by atoms with E-state index in [1.807, 2.05) is 12.1 Å². The standard InChI is InChI=1S/C10H10N2O2S/c1-11-8-7-6(4-3-5-12-7)15-9(8)10(13)14-2/h3-5,11H,1-2H3. The van der Waals surface area contributed by atoms with Crippen molar-refractivity contribution in [1.82, 2.24) is 4.98 Å². The Morgan fingerprint density at radius 1 is 1.60 bits per heavy atom. The van der Waals surface area contributed by atoms with Crippen LogP contribution in [0.3, 0.4) is 0 Å². The highest BCUT2D eigenvalue weighted by Crippen LogP contribution is 2.34. The van der Waals surface area contributed by atoms with Crippen LogP contribution in [0.1, 0.15) is 9.67 Å². The summed E-state index contributed by atoms with van der Waals surface area (Å²) < 4.78 is 5.69. The van der Waals surface area contributed by atoms with Gasteiger partial charge in [0.25, 0.3) is 0 Å². The smallest absolute Gasteiger partial charge is 0.350 e. The number of rotatable bonds is 2. The van der Waals surface area contributed by atoms with Crippen LogP contribution < -0.4 is 5.32 Å². The predicted molar refractivity (Wildman–Crippen MR) is 60.5 cm³/mol. The molecule has 2 aromatic rings. The van der Waals surface area contributed by atoms with E-state index in [9.17, 15) is 4.79 Å². The van der Waals surface area contributed by atoms with Crippen molar-refractivity contribution in [3.05, 3.63) is 23.2 Å². The van der Waals surface area contributed by atoms with Crippen LogP contribution in [0.2, 0.25) is 0 Å². The topological polar surface area (TPSA) is 51.2 Å². The Balaban J connectivity index is 2.69. The van der Waals surface area contributed by atoms with Gasteiger partial charge in [-0.25, -0.2) is 4.79 Å². The van der Waals surface area contributed by atoms with Gasteiger partial charge in [0.2, 0.25) is 0 Å². The number of aromatic nitrogens is 1. The number of nitrogens with one attached hydrogen (secondary N) is 1. The molecule has 0 amide bonds. The summed E-state index contributed by atoms with van der Waals surface area (Å²) in [6.45, 7) is 0. The lowest BCUT2D eigenvalue weighted by molar-refractivity contribution is 0.0607. The van der Waals surface area contributed by atoms with Gasteiger partial charge in [-0.3, -0.25) is 4.98 Å². The predicted octanol–water partition coefficient (Wildman–Crippen LogP) is 2.12. The molecule has 0 spiro atoms. The third kappa shape index (κ3) is 1.55. The molecular formula is C10H10N2O2S. The summed E-state index contributed by atoms with van der Waals surface area (Å²) in [5.41, 5.74) is 1.55. The first-order chi connectivity index (χ1) is 7.27. The molecule has 0 aliphatic rings. The van der Waals surface area contributed by atoms with E-state index in [4.69, 9.17) is 4.74 Å². The van der Waals surface area contributed by atoms with E-state index in [1.165, 1.54) is 18.4 Å². The maximum Gasteiger partial charge on any atom is 0.350 e. The molecule has 2 rings (SSSR count). The van der Waals surface area contributed by atoms with Crippen LogP contribution in [0.4, 0.5) is 5.69 Å². The van der Waals surface area contributed by atoms with E-state index >= 15 is 0 Å². The molecule has 1 N–H and O–H groups in total. The van der Waals surface area contributed by atoms with Crippen molar-refractivity contribution in [2.45, 2.75) is 0 Å². The highest BCUT2D eigenvalue weighted by Gasteiger charge is 2.18. The van der Waals surface area contributed by atoms with Crippen LogP contribution in [-0.4, -0.2) is 25.1 Å². The van der Waals surface area contributed by atoms with Crippen molar-refractivity contribution in [2.75, 3.05) is 19.5 Å². The molecule has 0 aliphatic heterocycles. The second-order valence-electron chi connectivity index (χ2n) is 2.90. The van der Waals surface area contributed by atoms with Gasteiger partial charge in [-0.05, 0) is 12.1 Å². The maximum atomic E-state index is 11.5. The minimum absolute atomic E-state index is 0.331. The molecule has 0 fully saturated rings. The van der Waals surface area contributed by atoms with Gasteiger partial charge in [0.05, 0.1) is 17.5 Å². The third-order valence-corrected chi connectivity index (χ3v) is 3.19. The first-order valence-electron chi connectivity index (χ1n) is 4.41. The summed E-state index contributed by atoms with van der Waals surface area (Å²) in [6.07, 6.45) is 1.71. The molecule has 0 saturated carbocycles. The summed E-state index contributed by atoms with van der Waals surface area (Å²) in [5, 5.41) is 2.98. The lowest BCUT2D eigenvalue weighted by Gasteiger charge is -2.00. The van der Waals surface area contributed by atoms with Gasteiger partial charge in [0.1, 0.15) is 10.4 Å². The molecule has 0 bridgehead atoms. The average Bonchev–Trinajstić information content (AvgIpc) is 2.66. The van der Waals surface area contributed by atoms with Crippen LogP contribution in [0.5, 0.6) is 0 Å². The summed E-state index contributed by atoms with van der Waals surface area (Å²) in [7, 11) is 3.14. The maximum absolute atomic E-state index is 11.5. The zero-order valence-corrected chi connectivity index (χ0v) is 9.22. The molecule has 2 heterocycles. The van der Waals surface area contributed by atoms with Crippen molar-refractivity contribution < 1.29 is 9.53 Å². The van der Waals surface area contributed by atoms with Crippen molar-refractivity contribution >= 4 is 33.2 Å². The van der Waals surface area contributed by atoms with E-state index in [-0.39, 0.29) is 5.97 Å². The Morgan fingerprint density at radius 2 is 2.40 bits per heavy atom. The number of ether oxygens (including phenoxy) is 1. The Kier molecular flexibility index (Phi) is 2.55. The molecule has 0 aliphatic carbocycles. The molecule has 2 aromatic heterocycles. The number of thiophene rings is 1. The Labute approximate surface area is 90.9 Å². The first kappa shape index (κ1) is 9.92. The van der Waals surface area contributed by atoms with Crippen molar-refractivity contribution in [1.29, 1.82) is 0 Å². The number of esters is 1. The SMILES string of the molecule is CNc1c(C(=O)OC)sc2cccnc12. The number of hydrogen-bond donors (Lipinski definition) is 1. The van der Waals surface area contributed by atoms with Crippen molar-refractivity contribution in [3.8, 4) is 0 Å². The fourth-order valence-corrected chi connectivity index (χ4v) is 2.48. The Morgan fingerprint density at radius 3 is 3.07 bits per heavy atom. The fraction of sp³-hybridized carbons (Fsp3) is 0.200. The van der Waals surface area contributed by atoms with Gasteiger partial charge >= 0.3 is 5.97 Å². The lowest BCUT2D eigenvalue weighted by Crippen LogP contribution is -2.02. The number of fused-ring (bicyclic) bond motifs is 1. The van der Waals surface area contributed by atoms with E-state index in [0.29, 0.717) is 4.88 Å². The molecule has 0 saturated heterocycles. The van der Waals surface area contributed by atoms with Crippen LogP contribution >= 0.6 is 11.3 Å². The highest BCUT2D eigenvalue weighted by molar-refractivity contribution is 7.21. The van der Waals surface area contributed by atoms with Crippen molar-refractivity contribution in [2.24, 2.45) is 0 Å². The summed E-state index contributed by atoms with van der Waals surface area (Å²) in [5.74, 6) is -0.331. The molecule has 4 nitrogen and oxygen atoms in total. The molecule has 0 atom stereocenters. The van der Waals surface area contributed by atoms with E-state index in [1.54, 1.807) is 13.2 Å². The number of pyridine rings is 1. The summed E-state index contributed by atoms with van der Waals surface area (Å²) in [4.78, 5) is 16.3. The van der Waals surface area contributed by atoms with Crippen LogP contribution in [-0.2, 0) is 4.74 Å². The Hall–Kier alpha value is -1.62. The van der Waals surface area contributed by atoms with Crippen molar-refractivity contribution in [3.63, 3.8) is 0 Å². The van der Waals surface area contributed by atoms with Crippen LogP contribution in [0, 0.1) is 0 Å². The zero-order chi connectivity index (χ0) is 10.8. The number of methoxy groups -OCH3 is 1. The number of hydrogen-bond acceptors (Lipinski definition) is 5.